The molecule has 1 N–H and O–H groups in total. The van der Waals surface area contributed by atoms with Crippen molar-refractivity contribution in [2.75, 3.05) is 19.5 Å². The van der Waals surface area contributed by atoms with E-state index in [0.29, 0.717) is 18.0 Å². The Morgan fingerprint density at radius 3 is 2.33 bits per heavy atom. The van der Waals surface area contributed by atoms with E-state index in [1.807, 2.05) is 24.3 Å². The summed E-state index contributed by atoms with van der Waals surface area (Å²) in [5.74, 6) is 0.888. The van der Waals surface area contributed by atoms with Gasteiger partial charge in [0.15, 0.2) is 5.82 Å². The van der Waals surface area contributed by atoms with Crippen LogP contribution >= 0.6 is 11.6 Å². The Labute approximate surface area is 175 Å². The molecule has 0 saturated heterocycles. The normalized spacial score (nSPS) is 11.1. The third kappa shape index (κ3) is 5.44. The standard InChI is InChI=1S/C20H17ClF3N3O3/c1-28-13-5-3-12(4-6-13)10-26-19-18(25-11-17(21)27-19)15-9-14(30-20(22,23)24)7-8-16(15)29-2/h3-9,11H,10H2,1-2H3,(H,26,27). The lowest BCUT2D eigenvalue weighted by Crippen LogP contribution is -2.17. The first-order valence-corrected chi connectivity index (χ1v) is 9.00. The molecule has 0 aliphatic rings. The van der Waals surface area contributed by atoms with Crippen molar-refractivity contribution in [3.8, 4) is 28.5 Å². The summed E-state index contributed by atoms with van der Waals surface area (Å²) in [6, 6.07) is 11.0. The molecule has 6 nitrogen and oxygen atoms in total. The maximum Gasteiger partial charge on any atom is 0.573 e. The Kier molecular flexibility index (Phi) is 6.51. The van der Waals surface area contributed by atoms with Crippen LogP contribution in [0.5, 0.6) is 17.2 Å². The number of anilines is 1. The van der Waals surface area contributed by atoms with Crippen molar-refractivity contribution in [3.63, 3.8) is 0 Å². The maximum atomic E-state index is 12.6. The van der Waals surface area contributed by atoms with Crippen molar-refractivity contribution in [1.29, 1.82) is 0 Å². The molecule has 0 unspecified atom stereocenters. The van der Waals surface area contributed by atoms with Gasteiger partial charge >= 0.3 is 6.36 Å². The lowest BCUT2D eigenvalue weighted by molar-refractivity contribution is -0.274. The van der Waals surface area contributed by atoms with E-state index in [2.05, 4.69) is 20.0 Å². The molecule has 10 heteroatoms. The van der Waals surface area contributed by atoms with Gasteiger partial charge in [-0.1, -0.05) is 23.7 Å². The third-order valence-corrected chi connectivity index (χ3v) is 4.20. The van der Waals surface area contributed by atoms with Crippen molar-refractivity contribution in [1.82, 2.24) is 9.97 Å². The summed E-state index contributed by atoms with van der Waals surface area (Å²) in [7, 11) is 2.97. The number of halogens is 4. The molecule has 0 aliphatic heterocycles. The van der Waals surface area contributed by atoms with Crippen LogP contribution in [0.2, 0.25) is 5.15 Å². The number of nitrogens with zero attached hydrogens (tertiary/aromatic N) is 2. The molecule has 0 saturated carbocycles. The first-order valence-electron chi connectivity index (χ1n) is 8.62. The molecule has 30 heavy (non-hydrogen) atoms. The second kappa shape index (κ2) is 9.08. The molecule has 0 bridgehead atoms. The van der Waals surface area contributed by atoms with Gasteiger partial charge < -0.3 is 19.5 Å². The molecule has 1 aromatic heterocycles. The van der Waals surface area contributed by atoms with E-state index in [1.165, 1.54) is 25.4 Å². The van der Waals surface area contributed by atoms with Crippen LogP contribution in [0.1, 0.15) is 5.56 Å². The second-order valence-corrected chi connectivity index (χ2v) is 6.39. The van der Waals surface area contributed by atoms with Crippen LogP contribution in [-0.4, -0.2) is 30.5 Å². The first-order chi connectivity index (χ1) is 14.3. The van der Waals surface area contributed by atoms with Crippen LogP contribution in [0.3, 0.4) is 0 Å². The zero-order valence-corrected chi connectivity index (χ0v) is 16.7. The molecule has 2 aromatic carbocycles. The van der Waals surface area contributed by atoms with Gasteiger partial charge in [0, 0.05) is 12.1 Å². The number of methoxy groups -OCH3 is 2. The lowest BCUT2D eigenvalue weighted by Gasteiger charge is -2.15. The van der Waals surface area contributed by atoms with Crippen LogP contribution in [0.15, 0.2) is 48.7 Å². The molecule has 3 rings (SSSR count). The summed E-state index contributed by atoms with van der Waals surface area (Å²) < 4.78 is 52.3. The van der Waals surface area contributed by atoms with E-state index >= 15 is 0 Å². The van der Waals surface area contributed by atoms with Gasteiger partial charge in [0.1, 0.15) is 28.1 Å². The number of hydrogen-bond donors (Lipinski definition) is 1. The summed E-state index contributed by atoms with van der Waals surface area (Å²) in [6.07, 6.45) is -3.53. The zero-order chi connectivity index (χ0) is 21.7. The summed E-state index contributed by atoms with van der Waals surface area (Å²) in [6.45, 7) is 0.368. The van der Waals surface area contributed by atoms with Gasteiger partial charge in [0.2, 0.25) is 0 Å². The Hall–Kier alpha value is -3.20. The monoisotopic (exact) mass is 439 g/mol. The highest BCUT2D eigenvalue weighted by Gasteiger charge is 2.31. The van der Waals surface area contributed by atoms with Crippen LogP contribution in [0.25, 0.3) is 11.3 Å². The molecule has 3 aromatic rings. The van der Waals surface area contributed by atoms with Crippen molar-refractivity contribution in [2.24, 2.45) is 0 Å². The highest BCUT2D eigenvalue weighted by molar-refractivity contribution is 6.29. The number of ether oxygens (including phenoxy) is 3. The number of nitrogens with one attached hydrogen (secondary N) is 1. The Balaban J connectivity index is 1.94. The van der Waals surface area contributed by atoms with Crippen molar-refractivity contribution >= 4 is 17.4 Å². The van der Waals surface area contributed by atoms with Gasteiger partial charge in [-0.15, -0.1) is 13.2 Å². The average molecular weight is 440 g/mol. The van der Waals surface area contributed by atoms with Crippen LogP contribution in [0, 0.1) is 0 Å². The fraction of sp³-hybridized carbons (Fsp3) is 0.200. The van der Waals surface area contributed by atoms with Crippen molar-refractivity contribution in [3.05, 3.63) is 59.4 Å². The number of aromatic nitrogens is 2. The number of hydrogen-bond acceptors (Lipinski definition) is 6. The second-order valence-electron chi connectivity index (χ2n) is 6.00. The zero-order valence-electron chi connectivity index (χ0n) is 16.0. The predicted octanol–water partition coefficient (Wildman–Crippen LogP) is 5.32. The Morgan fingerprint density at radius 1 is 1.00 bits per heavy atom. The number of benzene rings is 2. The molecule has 0 spiro atoms. The van der Waals surface area contributed by atoms with E-state index in [9.17, 15) is 13.2 Å². The molecule has 158 valence electrons. The van der Waals surface area contributed by atoms with E-state index < -0.39 is 12.1 Å². The highest BCUT2D eigenvalue weighted by Crippen LogP contribution is 2.37. The highest BCUT2D eigenvalue weighted by atomic mass is 35.5. The maximum absolute atomic E-state index is 12.6. The largest absolute Gasteiger partial charge is 0.573 e. The predicted molar refractivity (Wildman–Crippen MR) is 106 cm³/mol. The molecule has 0 radical (unpaired) electrons. The van der Waals surface area contributed by atoms with Crippen molar-refractivity contribution < 1.29 is 27.4 Å². The van der Waals surface area contributed by atoms with Crippen LogP contribution in [-0.2, 0) is 6.54 Å². The van der Waals surface area contributed by atoms with E-state index in [1.54, 1.807) is 7.11 Å². The van der Waals surface area contributed by atoms with Gasteiger partial charge in [-0.25, -0.2) is 9.97 Å². The topological polar surface area (TPSA) is 65.5 Å². The van der Waals surface area contributed by atoms with Crippen LogP contribution in [0.4, 0.5) is 19.0 Å². The summed E-state index contributed by atoms with van der Waals surface area (Å²) in [4.78, 5) is 8.47. The number of alkyl halides is 3. The molecule has 0 amide bonds. The minimum absolute atomic E-state index is 0.123. The summed E-state index contributed by atoms with van der Waals surface area (Å²) in [5, 5.41) is 3.23. The Bertz CT molecular complexity index is 1010. The SMILES string of the molecule is COc1ccc(CNc2nc(Cl)cnc2-c2cc(OC(F)(F)F)ccc2OC)cc1. The fourth-order valence-electron chi connectivity index (χ4n) is 2.69. The fourth-order valence-corrected chi connectivity index (χ4v) is 2.82. The molecular weight excluding hydrogens is 423 g/mol. The Morgan fingerprint density at radius 2 is 1.70 bits per heavy atom. The van der Waals surface area contributed by atoms with Gasteiger partial charge in [-0.3, -0.25) is 0 Å². The molecular formula is C20H17ClF3N3O3. The third-order valence-electron chi connectivity index (χ3n) is 4.02. The quantitative estimate of drug-likeness (QED) is 0.537. The minimum atomic E-state index is -4.83. The first kappa shape index (κ1) is 21.5. The molecule has 0 aliphatic carbocycles. The number of rotatable bonds is 7. The molecule has 1 heterocycles. The average Bonchev–Trinajstić information content (AvgIpc) is 2.71. The molecule has 0 fully saturated rings. The van der Waals surface area contributed by atoms with E-state index in [-0.39, 0.29) is 22.2 Å². The lowest BCUT2D eigenvalue weighted by atomic mass is 10.1. The van der Waals surface area contributed by atoms with Gasteiger partial charge in [-0.2, -0.15) is 0 Å². The van der Waals surface area contributed by atoms with Crippen LogP contribution < -0.4 is 19.5 Å². The molecule has 0 atom stereocenters. The van der Waals surface area contributed by atoms with E-state index in [4.69, 9.17) is 21.1 Å². The van der Waals surface area contributed by atoms with Crippen molar-refractivity contribution in [2.45, 2.75) is 12.9 Å². The van der Waals surface area contributed by atoms with Gasteiger partial charge in [0.25, 0.3) is 0 Å². The minimum Gasteiger partial charge on any atom is -0.497 e. The van der Waals surface area contributed by atoms with Gasteiger partial charge in [-0.05, 0) is 35.9 Å². The summed E-state index contributed by atoms with van der Waals surface area (Å²) in [5.41, 5.74) is 1.45. The smallest absolute Gasteiger partial charge is 0.497 e. The van der Waals surface area contributed by atoms with Gasteiger partial charge in [0.05, 0.1) is 20.4 Å². The van der Waals surface area contributed by atoms with E-state index in [0.717, 1.165) is 11.6 Å². The summed E-state index contributed by atoms with van der Waals surface area (Å²) >= 11 is 5.98.